The van der Waals surface area contributed by atoms with Gasteiger partial charge in [0.2, 0.25) is 11.8 Å². The first-order chi connectivity index (χ1) is 16.6. The van der Waals surface area contributed by atoms with Crippen molar-refractivity contribution in [2.24, 2.45) is 10.8 Å². The zero-order chi connectivity index (χ0) is 25.2. The molecule has 1 saturated carbocycles. The summed E-state index contributed by atoms with van der Waals surface area (Å²) >= 11 is 1.27. The van der Waals surface area contributed by atoms with Crippen molar-refractivity contribution in [3.63, 3.8) is 0 Å². The number of nitrogens with zero attached hydrogens (tertiary/aromatic N) is 3. The molecule has 3 heterocycles. The zero-order valence-electron chi connectivity index (χ0n) is 20.8. The van der Waals surface area contributed by atoms with Crippen LogP contribution < -0.4 is 5.32 Å². The van der Waals surface area contributed by atoms with Gasteiger partial charge in [-0.15, -0.1) is 11.3 Å². The molecule has 1 aliphatic carbocycles. The minimum Gasteiger partial charge on any atom is -0.459 e. The zero-order valence-corrected chi connectivity index (χ0v) is 21.7. The average molecular weight is 503 g/mol. The molecule has 4 rings (SSSR count). The van der Waals surface area contributed by atoms with E-state index in [1.165, 1.54) is 29.6 Å². The quantitative estimate of drug-likeness (QED) is 0.563. The lowest BCUT2D eigenvalue weighted by Gasteiger charge is -2.39. The number of hydrogen-bond donors (Lipinski definition) is 1. The van der Waals surface area contributed by atoms with Crippen molar-refractivity contribution >= 4 is 34.2 Å². The highest BCUT2D eigenvalue weighted by Gasteiger charge is 2.50. The van der Waals surface area contributed by atoms with Crippen molar-refractivity contribution < 1.29 is 23.5 Å². The molecule has 1 N–H and O–H groups in total. The summed E-state index contributed by atoms with van der Waals surface area (Å²) in [6, 6.07) is 3.47. The van der Waals surface area contributed by atoms with Gasteiger partial charge in [0.15, 0.2) is 10.9 Å². The third-order valence-electron chi connectivity index (χ3n) is 6.78. The summed E-state index contributed by atoms with van der Waals surface area (Å²) in [5.41, 5.74) is 1.08. The Kier molecular flexibility index (Phi) is 7.32. The maximum absolute atomic E-state index is 13.1. The van der Waals surface area contributed by atoms with Crippen LogP contribution in [0, 0.1) is 10.8 Å². The second kappa shape index (κ2) is 10.1. The molecule has 2 aliphatic rings. The van der Waals surface area contributed by atoms with Crippen LogP contribution in [0.5, 0.6) is 0 Å². The largest absolute Gasteiger partial charge is 0.459 e. The SMILES string of the molecule is COCCN(CC(=O)Nc1nc(CC(=O)N2CC3(C)CC2CC(C)(C)C3)cs1)C(=O)c1ccco1. The normalized spacial score (nSPS) is 22.7. The Morgan fingerprint density at radius 1 is 1.31 bits per heavy atom. The molecule has 2 aromatic heterocycles. The molecule has 2 unspecified atom stereocenters. The van der Waals surface area contributed by atoms with Gasteiger partial charge in [0, 0.05) is 31.6 Å². The Labute approximate surface area is 209 Å². The number of rotatable bonds is 9. The first-order valence-corrected chi connectivity index (χ1v) is 12.8. The fraction of sp³-hybridized carbons (Fsp3) is 0.600. The van der Waals surface area contributed by atoms with Crippen LogP contribution in [0.3, 0.4) is 0 Å². The molecule has 2 aromatic rings. The van der Waals surface area contributed by atoms with E-state index >= 15 is 0 Å². The molecule has 2 bridgehead atoms. The van der Waals surface area contributed by atoms with Crippen LogP contribution in [0.4, 0.5) is 5.13 Å². The highest BCUT2D eigenvalue weighted by molar-refractivity contribution is 7.13. The topological polar surface area (TPSA) is 105 Å². The van der Waals surface area contributed by atoms with Crippen molar-refractivity contribution in [3.05, 3.63) is 35.2 Å². The first kappa shape index (κ1) is 25.4. The molecule has 35 heavy (non-hydrogen) atoms. The van der Waals surface area contributed by atoms with E-state index in [1.807, 2.05) is 4.90 Å². The van der Waals surface area contributed by atoms with Crippen molar-refractivity contribution in [1.29, 1.82) is 0 Å². The number of ether oxygens (including phenoxy) is 1. The smallest absolute Gasteiger partial charge is 0.290 e. The van der Waals surface area contributed by atoms with Gasteiger partial charge in [0.25, 0.3) is 5.91 Å². The number of fused-ring (bicyclic) bond motifs is 2. The number of thiazole rings is 1. The van der Waals surface area contributed by atoms with Crippen molar-refractivity contribution in [1.82, 2.24) is 14.8 Å². The summed E-state index contributed by atoms with van der Waals surface area (Å²) < 4.78 is 10.2. The van der Waals surface area contributed by atoms with Gasteiger partial charge in [-0.1, -0.05) is 20.8 Å². The third kappa shape index (κ3) is 6.10. The molecule has 1 saturated heterocycles. The fourth-order valence-corrected chi connectivity index (χ4v) is 6.52. The van der Waals surface area contributed by atoms with Gasteiger partial charge in [0.1, 0.15) is 6.54 Å². The highest BCUT2D eigenvalue weighted by Crippen LogP contribution is 2.52. The van der Waals surface area contributed by atoms with E-state index in [-0.39, 0.29) is 60.4 Å². The monoisotopic (exact) mass is 502 g/mol. The standard InChI is InChI=1S/C25H34N4O5S/c1-24(2)11-18-12-25(3,15-24)16-29(18)21(31)10-17-14-35-23(26-17)27-20(30)13-28(7-9-33-4)22(32)19-6-5-8-34-19/h5-6,8,14,18H,7,9-13,15-16H2,1-4H3,(H,26,27,30). The molecule has 0 aromatic carbocycles. The summed E-state index contributed by atoms with van der Waals surface area (Å²) in [5, 5.41) is 4.95. The van der Waals surface area contributed by atoms with Crippen molar-refractivity contribution in [3.8, 4) is 0 Å². The molecular formula is C25H34N4O5S. The summed E-state index contributed by atoms with van der Waals surface area (Å²) in [6.45, 7) is 8.04. The van der Waals surface area contributed by atoms with E-state index in [1.54, 1.807) is 17.5 Å². The Balaban J connectivity index is 1.33. The minimum atomic E-state index is -0.389. The first-order valence-electron chi connectivity index (χ1n) is 11.9. The van der Waals surface area contributed by atoms with E-state index < -0.39 is 0 Å². The van der Waals surface area contributed by atoms with E-state index in [4.69, 9.17) is 9.15 Å². The summed E-state index contributed by atoms with van der Waals surface area (Å²) in [6.07, 6.45) is 4.86. The van der Waals surface area contributed by atoms with Gasteiger partial charge in [-0.25, -0.2) is 4.98 Å². The van der Waals surface area contributed by atoms with E-state index in [2.05, 4.69) is 31.1 Å². The molecule has 1 aliphatic heterocycles. The molecule has 2 atom stereocenters. The number of carbonyl (C=O) groups is 3. The second-order valence-corrected chi connectivity index (χ2v) is 11.7. The van der Waals surface area contributed by atoms with Gasteiger partial charge in [-0.2, -0.15) is 0 Å². The van der Waals surface area contributed by atoms with Crippen LogP contribution >= 0.6 is 11.3 Å². The van der Waals surface area contributed by atoms with Crippen LogP contribution in [0.2, 0.25) is 0 Å². The van der Waals surface area contributed by atoms with Crippen molar-refractivity contribution in [2.45, 2.75) is 52.5 Å². The maximum Gasteiger partial charge on any atom is 0.290 e. The molecule has 2 fully saturated rings. The Morgan fingerprint density at radius 2 is 2.11 bits per heavy atom. The number of likely N-dealkylation sites (tertiary alicyclic amines) is 1. The van der Waals surface area contributed by atoms with Crippen LogP contribution in [0.15, 0.2) is 28.2 Å². The van der Waals surface area contributed by atoms with Gasteiger partial charge in [-0.05, 0) is 42.2 Å². The van der Waals surface area contributed by atoms with Gasteiger partial charge in [-0.3, -0.25) is 14.4 Å². The van der Waals surface area contributed by atoms with Crippen LogP contribution in [-0.2, 0) is 20.7 Å². The van der Waals surface area contributed by atoms with Crippen LogP contribution in [0.25, 0.3) is 0 Å². The summed E-state index contributed by atoms with van der Waals surface area (Å²) in [5.74, 6) is -0.515. The lowest BCUT2D eigenvalue weighted by atomic mass is 9.65. The number of methoxy groups -OCH3 is 1. The number of furan rings is 1. The predicted octanol–water partition coefficient (Wildman–Crippen LogP) is 3.43. The van der Waals surface area contributed by atoms with E-state index in [9.17, 15) is 14.4 Å². The average Bonchev–Trinajstić information content (AvgIpc) is 3.50. The predicted molar refractivity (Wildman–Crippen MR) is 132 cm³/mol. The number of aromatic nitrogens is 1. The molecule has 190 valence electrons. The summed E-state index contributed by atoms with van der Waals surface area (Å²) in [4.78, 5) is 46.2. The number of nitrogens with one attached hydrogen (secondary N) is 1. The van der Waals surface area contributed by atoms with Gasteiger partial charge < -0.3 is 24.3 Å². The Morgan fingerprint density at radius 3 is 2.83 bits per heavy atom. The van der Waals surface area contributed by atoms with E-state index in [0.717, 1.165) is 25.8 Å². The molecule has 0 radical (unpaired) electrons. The maximum atomic E-state index is 13.1. The van der Waals surface area contributed by atoms with E-state index in [0.29, 0.717) is 16.9 Å². The Bertz CT molecular complexity index is 1070. The lowest BCUT2D eigenvalue weighted by molar-refractivity contribution is -0.131. The number of amides is 3. The molecule has 0 spiro atoms. The van der Waals surface area contributed by atoms with Crippen molar-refractivity contribution in [2.75, 3.05) is 38.7 Å². The Hall–Kier alpha value is -2.72. The lowest BCUT2D eigenvalue weighted by Crippen LogP contribution is -2.39. The van der Waals surface area contributed by atoms with Gasteiger partial charge in [0.05, 0.1) is 25.0 Å². The molecule has 10 heteroatoms. The number of anilines is 1. The van der Waals surface area contributed by atoms with Gasteiger partial charge >= 0.3 is 0 Å². The molecule has 3 amide bonds. The van der Waals surface area contributed by atoms with Crippen LogP contribution in [-0.4, -0.2) is 71.9 Å². The third-order valence-corrected chi connectivity index (χ3v) is 7.59. The van der Waals surface area contributed by atoms with Crippen LogP contribution in [0.1, 0.15) is 56.3 Å². The number of carbonyl (C=O) groups excluding carboxylic acids is 3. The minimum absolute atomic E-state index is 0.0920. The number of hydrogen-bond acceptors (Lipinski definition) is 7. The second-order valence-electron chi connectivity index (χ2n) is 10.8. The fourth-order valence-electron chi connectivity index (χ4n) is 5.80. The summed E-state index contributed by atoms with van der Waals surface area (Å²) in [7, 11) is 1.53. The molecule has 9 nitrogen and oxygen atoms in total. The molecular weight excluding hydrogens is 468 g/mol. The highest BCUT2D eigenvalue weighted by atomic mass is 32.1.